The minimum atomic E-state index is -0.153. The highest BCUT2D eigenvalue weighted by Gasteiger charge is 2.01. The highest BCUT2D eigenvalue weighted by Crippen LogP contribution is 2.21. The number of hydrogen-bond donors (Lipinski definition) is 1. The first-order valence-electron chi connectivity index (χ1n) is 5.81. The quantitative estimate of drug-likeness (QED) is 0.857. The molecule has 2 aromatic rings. The van der Waals surface area contributed by atoms with E-state index in [9.17, 15) is 4.39 Å². The van der Waals surface area contributed by atoms with Gasteiger partial charge in [-0.2, -0.15) is 0 Å². The first-order chi connectivity index (χ1) is 8.56. The molecule has 0 aliphatic rings. The Kier molecular flexibility index (Phi) is 4.02. The predicted octanol–water partition coefficient (Wildman–Crippen LogP) is 4.82. The molecule has 0 bridgehead atoms. The molecule has 0 saturated carbocycles. The lowest BCUT2D eigenvalue weighted by Gasteiger charge is -2.09. The standard InChI is InChI=1S/C15H15BrFN/c1-10-4-6-13(8-14(10)16)18-9-12-5-3-11(2)15(17)7-12/h3-8,18H,9H2,1-2H3. The van der Waals surface area contributed by atoms with E-state index >= 15 is 0 Å². The lowest BCUT2D eigenvalue weighted by Crippen LogP contribution is -2.00. The summed E-state index contributed by atoms with van der Waals surface area (Å²) in [6, 6.07) is 11.4. The van der Waals surface area contributed by atoms with Crippen LogP contribution in [0.5, 0.6) is 0 Å². The molecule has 0 aliphatic heterocycles. The van der Waals surface area contributed by atoms with Crippen molar-refractivity contribution in [2.24, 2.45) is 0 Å². The van der Waals surface area contributed by atoms with Crippen LogP contribution in [0.25, 0.3) is 0 Å². The van der Waals surface area contributed by atoms with Crippen LogP contribution in [-0.2, 0) is 6.54 Å². The van der Waals surface area contributed by atoms with E-state index in [1.54, 1.807) is 19.1 Å². The van der Waals surface area contributed by atoms with Gasteiger partial charge in [-0.1, -0.05) is 34.1 Å². The molecule has 0 aromatic heterocycles. The van der Waals surface area contributed by atoms with Gasteiger partial charge < -0.3 is 5.32 Å². The summed E-state index contributed by atoms with van der Waals surface area (Å²) in [5.41, 5.74) is 3.84. The monoisotopic (exact) mass is 307 g/mol. The lowest BCUT2D eigenvalue weighted by atomic mass is 10.1. The van der Waals surface area contributed by atoms with Crippen molar-refractivity contribution in [2.75, 3.05) is 5.32 Å². The number of rotatable bonds is 3. The van der Waals surface area contributed by atoms with Crippen LogP contribution in [0.1, 0.15) is 16.7 Å². The zero-order valence-electron chi connectivity index (χ0n) is 10.4. The summed E-state index contributed by atoms with van der Waals surface area (Å²) in [5, 5.41) is 3.28. The Bertz CT molecular complexity index is 515. The molecule has 1 nitrogen and oxygen atoms in total. The van der Waals surface area contributed by atoms with Crippen LogP contribution in [-0.4, -0.2) is 0 Å². The Balaban J connectivity index is 2.06. The van der Waals surface area contributed by atoms with Crippen molar-refractivity contribution in [1.29, 1.82) is 0 Å². The smallest absolute Gasteiger partial charge is 0.126 e. The second-order valence-corrected chi connectivity index (χ2v) is 5.26. The molecule has 0 atom stereocenters. The number of halogens is 2. The molecule has 0 amide bonds. The minimum absolute atomic E-state index is 0.153. The van der Waals surface area contributed by atoms with Crippen LogP contribution in [0, 0.1) is 19.7 Å². The lowest BCUT2D eigenvalue weighted by molar-refractivity contribution is 0.616. The summed E-state index contributed by atoms with van der Waals surface area (Å²) < 4.78 is 14.5. The molecule has 2 rings (SSSR count). The molecular weight excluding hydrogens is 293 g/mol. The normalized spacial score (nSPS) is 10.4. The van der Waals surface area contributed by atoms with E-state index in [1.807, 2.05) is 31.2 Å². The number of anilines is 1. The molecule has 0 radical (unpaired) electrons. The SMILES string of the molecule is Cc1ccc(CNc2ccc(C)c(Br)c2)cc1F. The zero-order valence-corrected chi connectivity index (χ0v) is 12.0. The maximum absolute atomic E-state index is 13.4. The third-order valence-corrected chi connectivity index (χ3v) is 3.76. The molecule has 0 spiro atoms. The average Bonchev–Trinajstić information content (AvgIpc) is 2.35. The fraction of sp³-hybridized carbons (Fsp3) is 0.200. The van der Waals surface area contributed by atoms with Gasteiger partial charge in [-0.3, -0.25) is 0 Å². The van der Waals surface area contributed by atoms with Gasteiger partial charge in [0.1, 0.15) is 5.82 Å². The minimum Gasteiger partial charge on any atom is -0.381 e. The van der Waals surface area contributed by atoms with Crippen molar-refractivity contribution in [3.63, 3.8) is 0 Å². The molecule has 0 saturated heterocycles. The van der Waals surface area contributed by atoms with Gasteiger partial charge in [0.2, 0.25) is 0 Å². The van der Waals surface area contributed by atoms with Crippen molar-refractivity contribution in [2.45, 2.75) is 20.4 Å². The molecule has 0 unspecified atom stereocenters. The molecule has 0 heterocycles. The molecular formula is C15H15BrFN. The fourth-order valence-corrected chi connectivity index (χ4v) is 2.03. The van der Waals surface area contributed by atoms with E-state index in [-0.39, 0.29) is 5.82 Å². The van der Waals surface area contributed by atoms with E-state index in [0.717, 1.165) is 15.7 Å². The second kappa shape index (κ2) is 5.53. The summed E-state index contributed by atoms with van der Waals surface area (Å²) in [7, 11) is 0. The van der Waals surface area contributed by atoms with Crippen molar-refractivity contribution in [3.8, 4) is 0 Å². The number of aryl methyl sites for hydroxylation is 2. The largest absolute Gasteiger partial charge is 0.381 e. The van der Waals surface area contributed by atoms with Crippen LogP contribution < -0.4 is 5.32 Å². The van der Waals surface area contributed by atoms with Gasteiger partial charge in [-0.05, 0) is 48.7 Å². The van der Waals surface area contributed by atoms with Gasteiger partial charge in [-0.25, -0.2) is 4.39 Å². The number of benzene rings is 2. The molecule has 0 aliphatic carbocycles. The molecule has 18 heavy (non-hydrogen) atoms. The number of hydrogen-bond acceptors (Lipinski definition) is 1. The highest BCUT2D eigenvalue weighted by atomic mass is 79.9. The van der Waals surface area contributed by atoms with Gasteiger partial charge in [0.25, 0.3) is 0 Å². The Morgan fingerprint density at radius 3 is 2.44 bits per heavy atom. The van der Waals surface area contributed by atoms with Gasteiger partial charge in [0.05, 0.1) is 0 Å². The van der Waals surface area contributed by atoms with Gasteiger partial charge in [0, 0.05) is 16.7 Å². The Morgan fingerprint density at radius 1 is 1.06 bits per heavy atom. The van der Waals surface area contributed by atoms with E-state index in [4.69, 9.17) is 0 Å². The van der Waals surface area contributed by atoms with Crippen LogP contribution in [0.2, 0.25) is 0 Å². The Labute approximate surface area is 115 Å². The summed E-state index contributed by atoms with van der Waals surface area (Å²) in [6.07, 6.45) is 0. The average molecular weight is 308 g/mol. The summed E-state index contributed by atoms with van der Waals surface area (Å²) >= 11 is 3.49. The van der Waals surface area contributed by atoms with Crippen LogP contribution in [0.4, 0.5) is 10.1 Å². The van der Waals surface area contributed by atoms with E-state index in [2.05, 4.69) is 21.2 Å². The topological polar surface area (TPSA) is 12.0 Å². The first-order valence-corrected chi connectivity index (χ1v) is 6.60. The zero-order chi connectivity index (χ0) is 13.1. The predicted molar refractivity (Wildman–Crippen MR) is 77.3 cm³/mol. The van der Waals surface area contributed by atoms with Gasteiger partial charge in [0.15, 0.2) is 0 Å². The summed E-state index contributed by atoms with van der Waals surface area (Å²) in [4.78, 5) is 0. The van der Waals surface area contributed by atoms with Gasteiger partial charge >= 0.3 is 0 Å². The van der Waals surface area contributed by atoms with Crippen molar-refractivity contribution in [3.05, 3.63) is 63.4 Å². The number of nitrogens with one attached hydrogen (secondary N) is 1. The molecule has 1 N–H and O–H groups in total. The van der Waals surface area contributed by atoms with E-state index in [0.29, 0.717) is 12.1 Å². The van der Waals surface area contributed by atoms with Crippen LogP contribution in [0.15, 0.2) is 40.9 Å². The van der Waals surface area contributed by atoms with Crippen LogP contribution in [0.3, 0.4) is 0 Å². The first kappa shape index (κ1) is 13.1. The van der Waals surface area contributed by atoms with Crippen molar-refractivity contribution < 1.29 is 4.39 Å². The third-order valence-electron chi connectivity index (χ3n) is 2.90. The van der Waals surface area contributed by atoms with E-state index < -0.39 is 0 Å². The second-order valence-electron chi connectivity index (χ2n) is 4.40. The van der Waals surface area contributed by atoms with Crippen molar-refractivity contribution >= 4 is 21.6 Å². The molecule has 2 aromatic carbocycles. The Hall–Kier alpha value is -1.35. The molecule has 94 valence electrons. The fourth-order valence-electron chi connectivity index (χ4n) is 1.65. The van der Waals surface area contributed by atoms with Crippen LogP contribution >= 0.6 is 15.9 Å². The summed E-state index contributed by atoms with van der Waals surface area (Å²) in [5.74, 6) is -0.153. The van der Waals surface area contributed by atoms with Gasteiger partial charge in [-0.15, -0.1) is 0 Å². The molecule has 3 heteroatoms. The maximum Gasteiger partial charge on any atom is 0.126 e. The van der Waals surface area contributed by atoms with Crippen molar-refractivity contribution in [1.82, 2.24) is 0 Å². The maximum atomic E-state index is 13.4. The third kappa shape index (κ3) is 3.10. The molecule has 0 fully saturated rings. The highest BCUT2D eigenvalue weighted by molar-refractivity contribution is 9.10. The Morgan fingerprint density at radius 2 is 1.78 bits per heavy atom. The van der Waals surface area contributed by atoms with E-state index in [1.165, 1.54) is 5.56 Å². The summed E-state index contributed by atoms with van der Waals surface area (Å²) in [6.45, 7) is 4.43.